The maximum Gasteiger partial charge on any atom is 0.115 e. The highest BCUT2D eigenvalue weighted by molar-refractivity contribution is 5.31. The van der Waals surface area contributed by atoms with E-state index < -0.39 is 0 Å². The minimum absolute atomic E-state index is 0.0272. The van der Waals surface area contributed by atoms with Gasteiger partial charge >= 0.3 is 0 Å². The summed E-state index contributed by atoms with van der Waals surface area (Å²) in [6, 6.07) is 14.5. The molecule has 110 valence electrons. The van der Waals surface area contributed by atoms with Crippen molar-refractivity contribution in [3.05, 3.63) is 59.7 Å². The van der Waals surface area contributed by atoms with Gasteiger partial charge in [-0.15, -0.1) is 0 Å². The standard InChI is InChI=1S/C18H20O3/c1-11-12(2)18(14-5-9-16(20)10-6-14)21-17(11)13-3-7-15(19)8-4-13/h3-12,17-20H,1-2H3/t11-,12+,17-,18-/m1/s1. The maximum absolute atomic E-state index is 9.41. The van der Waals surface area contributed by atoms with Gasteiger partial charge in [-0.05, 0) is 47.2 Å². The lowest BCUT2D eigenvalue weighted by atomic mass is 9.85. The third-order valence-corrected chi connectivity index (χ3v) is 4.52. The van der Waals surface area contributed by atoms with E-state index in [9.17, 15) is 10.2 Å². The van der Waals surface area contributed by atoms with Gasteiger partial charge in [-0.25, -0.2) is 0 Å². The van der Waals surface area contributed by atoms with Crippen molar-refractivity contribution in [2.24, 2.45) is 11.8 Å². The lowest BCUT2D eigenvalue weighted by Crippen LogP contribution is -2.09. The molecule has 2 aromatic rings. The molecule has 0 bridgehead atoms. The van der Waals surface area contributed by atoms with E-state index in [0.717, 1.165) is 11.1 Å². The summed E-state index contributed by atoms with van der Waals surface area (Å²) in [6.45, 7) is 4.39. The van der Waals surface area contributed by atoms with Gasteiger partial charge in [-0.1, -0.05) is 38.1 Å². The van der Waals surface area contributed by atoms with Gasteiger partial charge in [0.05, 0.1) is 12.2 Å². The van der Waals surface area contributed by atoms with Gasteiger partial charge in [0.25, 0.3) is 0 Å². The Morgan fingerprint density at radius 2 is 1.00 bits per heavy atom. The maximum atomic E-state index is 9.41. The van der Waals surface area contributed by atoms with Crippen LogP contribution in [-0.4, -0.2) is 10.2 Å². The monoisotopic (exact) mass is 284 g/mol. The van der Waals surface area contributed by atoms with Crippen LogP contribution in [0.3, 0.4) is 0 Å². The zero-order valence-electron chi connectivity index (χ0n) is 12.2. The number of hydrogen-bond acceptors (Lipinski definition) is 3. The van der Waals surface area contributed by atoms with Crippen molar-refractivity contribution >= 4 is 0 Å². The van der Waals surface area contributed by atoms with Crippen LogP contribution in [0.25, 0.3) is 0 Å². The summed E-state index contributed by atoms with van der Waals surface area (Å²) in [5.41, 5.74) is 2.18. The van der Waals surface area contributed by atoms with Crippen molar-refractivity contribution in [2.75, 3.05) is 0 Å². The van der Waals surface area contributed by atoms with Gasteiger partial charge in [-0.2, -0.15) is 0 Å². The molecule has 2 aromatic carbocycles. The van der Waals surface area contributed by atoms with Crippen LogP contribution in [0.4, 0.5) is 0 Å². The average Bonchev–Trinajstić information content (AvgIpc) is 2.78. The normalized spacial score (nSPS) is 28.7. The molecule has 4 atom stereocenters. The Balaban J connectivity index is 1.86. The molecule has 1 aliphatic heterocycles. The molecular formula is C18H20O3. The molecule has 1 fully saturated rings. The summed E-state index contributed by atoms with van der Waals surface area (Å²) in [6.07, 6.45) is 0.0545. The minimum Gasteiger partial charge on any atom is -0.508 e. The topological polar surface area (TPSA) is 49.7 Å². The number of phenolic OH excluding ortho intramolecular Hbond substituents is 2. The summed E-state index contributed by atoms with van der Waals surface area (Å²) < 4.78 is 6.27. The van der Waals surface area contributed by atoms with Crippen molar-refractivity contribution in [2.45, 2.75) is 26.1 Å². The number of hydrogen-bond donors (Lipinski definition) is 2. The fourth-order valence-corrected chi connectivity index (χ4v) is 3.05. The number of phenols is 2. The highest BCUT2D eigenvalue weighted by Crippen LogP contribution is 2.49. The number of rotatable bonds is 2. The molecule has 3 rings (SSSR count). The SMILES string of the molecule is C[C@@H]1[C@H](C)[C@H](c2ccc(O)cc2)O[C@H]1c1ccc(O)cc1. The van der Waals surface area contributed by atoms with Crippen molar-refractivity contribution in [3.8, 4) is 11.5 Å². The fourth-order valence-electron chi connectivity index (χ4n) is 3.05. The highest BCUT2D eigenvalue weighted by Gasteiger charge is 2.40. The summed E-state index contributed by atoms with van der Waals surface area (Å²) in [7, 11) is 0. The van der Waals surface area contributed by atoms with Crippen LogP contribution in [0.1, 0.15) is 37.2 Å². The van der Waals surface area contributed by atoms with Crippen LogP contribution in [-0.2, 0) is 4.74 Å². The predicted molar refractivity (Wildman–Crippen MR) is 81.1 cm³/mol. The van der Waals surface area contributed by atoms with Crippen molar-refractivity contribution in [1.82, 2.24) is 0 Å². The molecule has 1 aliphatic rings. The number of benzene rings is 2. The third kappa shape index (κ3) is 2.61. The number of aromatic hydroxyl groups is 2. The van der Waals surface area contributed by atoms with Gasteiger partial charge in [-0.3, -0.25) is 0 Å². The smallest absolute Gasteiger partial charge is 0.115 e. The van der Waals surface area contributed by atoms with E-state index in [2.05, 4.69) is 13.8 Å². The Morgan fingerprint density at radius 1 is 0.667 bits per heavy atom. The Morgan fingerprint density at radius 3 is 1.33 bits per heavy atom. The van der Waals surface area contributed by atoms with Crippen LogP contribution in [0, 0.1) is 11.8 Å². The Bertz CT molecular complexity index is 548. The van der Waals surface area contributed by atoms with E-state index in [-0.39, 0.29) is 23.7 Å². The van der Waals surface area contributed by atoms with E-state index in [0.29, 0.717) is 11.8 Å². The first-order valence-electron chi connectivity index (χ1n) is 7.29. The van der Waals surface area contributed by atoms with E-state index in [1.807, 2.05) is 24.3 Å². The fraction of sp³-hybridized carbons (Fsp3) is 0.333. The molecule has 1 heterocycles. The summed E-state index contributed by atoms with van der Waals surface area (Å²) >= 11 is 0. The minimum atomic E-state index is 0.0272. The van der Waals surface area contributed by atoms with Crippen LogP contribution in [0.15, 0.2) is 48.5 Å². The van der Waals surface area contributed by atoms with E-state index >= 15 is 0 Å². The predicted octanol–water partition coefficient (Wildman–Crippen LogP) is 4.18. The molecule has 0 amide bonds. The zero-order valence-corrected chi connectivity index (χ0v) is 12.2. The second kappa shape index (κ2) is 5.41. The molecule has 2 N–H and O–H groups in total. The Hall–Kier alpha value is -2.00. The lowest BCUT2D eigenvalue weighted by molar-refractivity contribution is 0.0290. The van der Waals surface area contributed by atoms with Crippen LogP contribution < -0.4 is 0 Å². The van der Waals surface area contributed by atoms with E-state index in [1.165, 1.54) is 0 Å². The molecule has 0 radical (unpaired) electrons. The molecule has 0 aromatic heterocycles. The highest BCUT2D eigenvalue weighted by atomic mass is 16.5. The molecule has 0 saturated carbocycles. The number of ether oxygens (including phenoxy) is 1. The van der Waals surface area contributed by atoms with Crippen LogP contribution in [0.5, 0.6) is 11.5 Å². The quantitative estimate of drug-likeness (QED) is 0.869. The lowest BCUT2D eigenvalue weighted by Gasteiger charge is -2.16. The van der Waals surface area contributed by atoms with Crippen LogP contribution in [0.2, 0.25) is 0 Å². The first-order valence-corrected chi connectivity index (χ1v) is 7.29. The molecule has 0 unspecified atom stereocenters. The molecule has 0 spiro atoms. The molecule has 0 aliphatic carbocycles. The molecule has 3 nitrogen and oxygen atoms in total. The molecule has 21 heavy (non-hydrogen) atoms. The first kappa shape index (κ1) is 14.0. The van der Waals surface area contributed by atoms with Crippen molar-refractivity contribution in [1.29, 1.82) is 0 Å². The van der Waals surface area contributed by atoms with Gasteiger partial charge in [0.2, 0.25) is 0 Å². The Labute approximate surface area is 124 Å². The molecular weight excluding hydrogens is 264 g/mol. The first-order chi connectivity index (χ1) is 10.1. The van der Waals surface area contributed by atoms with E-state index in [4.69, 9.17) is 4.74 Å². The van der Waals surface area contributed by atoms with E-state index in [1.54, 1.807) is 24.3 Å². The second-order valence-electron chi connectivity index (χ2n) is 5.88. The van der Waals surface area contributed by atoms with Crippen molar-refractivity contribution in [3.63, 3.8) is 0 Å². The zero-order chi connectivity index (χ0) is 15.0. The van der Waals surface area contributed by atoms with Gasteiger partial charge in [0.1, 0.15) is 11.5 Å². The molecule has 3 heteroatoms. The second-order valence-corrected chi connectivity index (χ2v) is 5.88. The van der Waals surface area contributed by atoms with Gasteiger partial charge in [0, 0.05) is 0 Å². The third-order valence-electron chi connectivity index (χ3n) is 4.52. The van der Waals surface area contributed by atoms with Crippen molar-refractivity contribution < 1.29 is 14.9 Å². The largest absolute Gasteiger partial charge is 0.508 e. The summed E-state index contributed by atoms with van der Waals surface area (Å²) in [5, 5.41) is 18.8. The Kier molecular flexibility index (Phi) is 3.60. The van der Waals surface area contributed by atoms with Gasteiger partial charge < -0.3 is 14.9 Å². The van der Waals surface area contributed by atoms with Crippen LogP contribution >= 0.6 is 0 Å². The summed E-state index contributed by atoms with van der Waals surface area (Å²) in [5.74, 6) is 1.31. The molecule has 1 saturated heterocycles. The summed E-state index contributed by atoms with van der Waals surface area (Å²) in [4.78, 5) is 0. The van der Waals surface area contributed by atoms with Gasteiger partial charge in [0.15, 0.2) is 0 Å². The average molecular weight is 284 g/mol.